The third kappa shape index (κ3) is 0.448. The third-order valence-corrected chi connectivity index (χ3v) is 2.81. The van der Waals surface area contributed by atoms with Gasteiger partial charge in [0.05, 0.1) is 0 Å². The van der Waals surface area contributed by atoms with Crippen LogP contribution < -0.4 is 0 Å². The van der Waals surface area contributed by atoms with E-state index in [4.69, 9.17) is 9.47 Å². The number of carbonyl (C=O) groups excluding carboxylic acids is 1. The molecule has 0 aromatic rings. The molecule has 0 spiro atoms. The quantitative estimate of drug-likeness (QED) is 0.480. The Labute approximate surface area is 59.3 Å². The van der Waals surface area contributed by atoms with E-state index in [0.29, 0.717) is 0 Å². The van der Waals surface area contributed by atoms with E-state index in [0.717, 1.165) is 12.8 Å². The molecule has 3 nitrogen and oxygen atoms in total. The van der Waals surface area contributed by atoms with Gasteiger partial charge in [-0.3, -0.25) is 0 Å². The molecule has 0 N–H and O–H groups in total. The molecular formula is C7H10O3. The largest absolute Gasteiger partial charge is 0.509 e. The van der Waals surface area contributed by atoms with Gasteiger partial charge in [0.1, 0.15) is 0 Å². The van der Waals surface area contributed by atoms with E-state index in [9.17, 15) is 4.79 Å². The van der Waals surface area contributed by atoms with Gasteiger partial charge in [-0.15, -0.1) is 0 Å². The maximum absolute atomic E-state index is 10.7. The minimum absolute atomic E-state index is 0.329. The molecule has 1 saturated heterocycles. The summed E-state index contributed by atoms with van der Waals surface area (Å²) in [4.78, 5) is 10.7. The Balaban J connectivity index is 2.31. The van der Waals surface area contributed by atoms with Crippen molar-refractivity contribution in [3.8, 4) is 0 Å². The summed E-state index contributed by atoms with van der Waals surface area (Å²) in [6.07, 6.45) is 1.34. The molecule has 0 aromatic heterocycles. The van der Waals surface area contributed by atoms with Gasteiger partial charge in [0.2, 0.25) is 0 Å². The molecule has 0 radical (unpaired) electrons. The van der Waals surface area contributed by atoms with Gasteiger partial charge in [0, 0.05) is 0 Å². The number of hydrogen-bond donors (Lipinski definition) is 0. The molecule has 0 aromatic carbocycles. The molecule has 0 amide bonds. The smallest absolute Gasteiger partial charge is 0.424 e. The van der Waals surface area contributed by atoms with Crippen molar-refractivity contribution in [3.05, 3.63) is 0 Å². The van der Waals surface area contributed by atoms with Crippen molar-refractivity contribution < 1.29 is 14.3 Å². The molecule has 2 aliphatic rings. The topological polar surface area (TPSA) is 35.5 Å². The summed E-state index contributed by atoms with van der Waals surface area (Å²) in [5.41, 5.74) is -0.659. The van der Waals surface area contributed by atoms with Gasteiger partial charge in [-0.1, -0.05) is 0 Å². The maximum Gasteiger partial charge on any atom is 0.509 e. The number of fused-ring (bicyclic) bond motifs is 1. The maximum atomic E-state index is 10.7. The fourth-order valence-electron chi connectivity index (χ4n) is 1.54. The Kier molecular flexibility index (Phi) is 0.787. The predicted molar refractivity (Wildman–Crippen MR) is 33.6 cm³/mol. The Morgan fingerprint density at radius 1 is 1.20 bits per heavy atom. The second-order valence-corrected chi connectivity index (χ2v) is 3.42. The van der Waals surface area contributed by atoms with E-state index < -0.39 is 6.16 Å². The summed E-state index contributed by atoms with van der Waals surface area (Å²) in [6.45, 7) is 3.84. The lowest BCUT2D eigenvalue weighted by atomic mass is 9.68. The minimum atomic E-state index is -0.512. The van der Waals surface area contributed by atoms with Gasteiger partial charge in [-0.25, -0.2) is 4.79 Å². The van der Waals surface area contributed by atoms with E-state index in [1.165, 1.54) is 0 Å². The van der Waals surface area contributed by atoms with Crippen LogP contribution in [0.25, 0.3) is 0 Å². The Hall–Kier alpha value is -0.730. The third-order valence-electron chi connectivity index (χ3n) is 2.81. The zero-order chi connectivity index (χ0) is 7.41. The monoisotopic (exact) mass is 142 g/mol. The van der Waals surface area contributed by atoms with E-state index in [1.807, 2.05) is 13.8 Å². The fourth-order valence-corrected chi connectivity index (χ4v) is 1.54. The molecule has 2 rings (SSSR count). The Morgan fingerprint density at radius 2 is 1.60 bits per heavy atom. The highest BCUT2D eigenvalue weighted by molar-refractivity contribution is 5.65. The molecule has 3 heteroatoms. The number of carbonyl (C=O) groups is 1. The van der Waals surface area contributed by atoms with Gasteiger partial charge in [0.25, 0.3) is 0 Å². The van der Waals surface area contributed by atoms with E-state index in [1.54, 1.807) is 0 Å². The highest BCUT2D eigenvalue weighted by Crippen LogP contribution is 2.51. The second-order valence-electron chi connectivity index (χ2n) is 3.42. The molecule has 2 atom stereocenters. The molecule has 56 valence electrons. The fraction of sp³-hybridized carbons (Fsp3) is 0.857. The number of ether oxygens (including phenoxy) is 2. The zero-order valence-electron chi connectivity index (χ0n) is 6.14. The van der Waals surface area contributed by atoms with Crippen molar-refractivity contribution in [2.24, 2.45) is 0 Å². The minimum Gasteiger partial charge on any atom is -0.424 e. The van der Waals surface area contributed by atoms with Crippen molar-refractivity contribution in [2.75, 3.05) is 0 Å². The highest BCUT2D eigenvalue weighted by Gasteiger charge is 2.64. The Bertz CT molecular complexity index is 181. The van der Waals surface area contributed by atoms with Crippen molar-refractivity contribution in [1.29, 1.82) is 0 Å². The van der Waals surface area contributed by atoms with E-state index in [-0.39, 0.29) is 11.2 Å². The van der Waals surface area contributed by atoms with Crippen LogP contribution in [0.1, 0.15) is 26.7 Å². The predicted octanol–water partition coefficient (Wildman–Crippen LogP) is 1.46. The van der Waals surface area contributed by atoms with Crippen LogP contribution in [0, 0.1) is 0 Å². The SMILES string of the molecule is C[C@@]12CC[C@]1(C)OC(=O)O2. The second kappa shape index (κ2) is 1.31. The van der Waals surface area contributed by atoms with E-state index in [2.05, 4.69) is 0 Å². The first kappa shape index (κ1) is 6.01. The van der Waals surface area contributed by atoms with Gasteiger partial charge in [0.15, 0.2) is 11.2 Å². The summed E-state index contributed by atoms with van der Waals surface area (Å²) in [7, 11) is 0. The lowest BCUT2D eigenvalue weighted by molar-refractivity contribution is -0.108. The van der Waals surface area contributed by atoms with Crippen LogP contribution in [0.4, 0.5) is 4.79 Å². The zero-order valence-corrected chi connectivity index (χ0v) is 6.14. The van der Waals surface area contributed by atoms with Crippen LogP contribution >= 0.6 is 0 Å². The van der Waals surface area contributed by atoms with E-state index >= 15 is 0 Å². The number of hydrogen-bond acceptors (Lipinski definition) is 3. The molecule has 1 aliphatic heterocycles. The van der Waals surface area contributed by atoms with Gasteiger partial charge < -0.3 is 9.47 Å². The molecule has 1 heterocycles. The van der Waals surface area contributed by atoms with Crippen molar-refractivity contribution in [1.82, 2.24) is 0 Å². The average molecular weight is 142 g/mol. The normalized spacial score (nSPS) is 50.8. The van der Waals surface area contributed by atoms with Crippen molar-refractivity contribution in [2.45, 2.75) is 37.9 Å². The van der Waals surface area contributed by atoms with Crippen molar-refractivity contribution in [3.63, 3.8) is 0 Å². The molecule has 2 fully saturated rings. The lowest BCUT2D eigenvalue weighted by Gasteiger charge is -2.45. The van der Waals surface area contributed by atoms with Gasteiger partial charge in [-0.05, 0) is 26.7 Å². The first-order valence-corrected chi connectivity index (χ1v) is 3.48. The molecular weight excluding hydrogens is 132 g/mol. The average Bonchev–Trinajstić information content (AvgIpc) is 1.95. The first-order chi connectivity index (χ1) is 4.56. The summed E-state index contributed by atoms with van der Waals surface area (Å²) >= 11 is 0. The summed E-state index contributed by atoms with van der Waals surface area (Å²) in [5.74, 6) is 0. The molecule has 10 heavy (non-hydrogen) atoms. The van der Waals surface area contributed by atoms with Crippen molar-refractivity contribution >= 4 is 6.16 Å². The van der Waals surface area contributed by atoms with Crippen LogP contribution in [-0.2, 0) is 9.47 Å². The summed E-state index contributed by atoms with van der Waals surface area (Å²) in [6, 6.07) is 0. The van der Waals surface area contributed by atoms with Crippen LogP contribution in [0.2, 0.25) is 0 Å². The standard InChI is InChI=1S/C7H10O3/c1-6-3-4-7(6,2)10-5(8)9-6/h3-4H2,1-2H3/t6-,7+. The lowest BCUT2D eigenvalue weighted by Crippen LogP contribution is -2.56. The summed E-state index contributed by atoms with van der Waals surface area (Å²) < 4.78 is 9.98. The van der Waals surface area contributed by atoms with Crippen LogP contribution in [0.15, 0.2) is 0 Å². The molecule has 1 aliphatic carbocycles. The van der Waals surface area contributed by atoms with Crippen LogP contribution in [-0.4, -0.2) is 17.4 Å². The highest BCUT2D eigenvalue weighted by atomic mass is 16.8. The van der Waals surface area contributed by atoms with Gasteiger partial charge >= 0.3 is 6.16 Å². The van der Waals surface area contributed by atoms with Gasteiger partial charge in [-0.2, -0.15) is 0 Å². The molecule has 0 bridgehead atoms. The van der Waals surface area contributed by atoms with Crippen LogP contribution in [0.3, 0.4) is 0 Å². The molecule has 1 saturated carbocycles. The van der Waals surface area contributed by atoms with Crippen LogP contribution in [0.5, 0.6) is 0 Å². The number of rotatable bonds is 0. The summed E-state index contributed by atoms with van der Waals surface area (Å²) in [5, 5.41) is 0. The first-order valence-electron chi connectivity index (χ1n) is 3.48. The molecule has 0 unspecified atom stereocenters. The Morgan fingerprint density at radius 3 is 1.80 bits per heavy atom.